The molecule has 3 aromatic rings. The van der Waals surface area contributed by atoms with Gasteiger partial charge in [-0.1, -0.05) is 29.8 Å². The number of alkyl halides is 3. The number of amides is 1. The van der Waals surface area contributed by atoms with Gasteiger partial charge in [0.1, 0.15) is 0 Å². The Labute approximate surface area is 148 Å². The van der Waals surface area contributed by atoms with Crippen molar-refractivity contribution < 1.29 is 18.0 Å². The van der Waals surface area contributed by atoms with Crippen molar-refractivity contribution in [3.63, 3.8) is 0 Å². The molecule has 4 nitrogen and oxygen atoms in total. The maximum Gasteiger partial charge on any atom is 0.416 e. The molecule has 0 saturated carbocycles. The molecule has 0 saturated heterocycles. The van der Waals surface area contributed by atoms with Gasteiger partial charge < -0.3 is 5.32 Å². The summed E-state index contributed by atoms with van der Waals surface area (Å²) in [6, 6.07) is 13.7. The predicted octanol–water partition coefficient (Wildman–Crippen LogP) is 4.67. The van der Waals surface area contributed by atoms with E-state index in [2.05, 4.69) is 10.4 Å². The number of carbonyl (C=O) groups excluding carboxylic acids is 1. The third-order valence-electron chi connectivity index (χ3n) is 3.93. The summed E-state index contributed by atoms with van der Waals surface area (Å²) < 4.78 is 39.3. The summed E-state index contributed by atoms with van der Waals surface area (Å²) in [4.78, 5) is 12.3. The van der Waals surface area contributed by atoms with E-state index >= 15 is 0 Å². The van der Waals surface area contributed by atoms with Crippen LogP contribution in [0.3, 0.4) is 0 Å². The van der Waals surface area contributed by atoms with Gasteiger partial charge in [-0.3, -0.25) is 9.48 Å². The largest absolute Gasteiger partial charge is 0.416 e. The van der Waals surface area contributed by atoms with Crippen LogP contribution in [0.25, 0.3) is 11.3 Å². The highest BCUT2D eigenvalue weighted by Gasteiger charge is 2.30. The highest BCUT2D eigenvalue weighted by molar-refractivity contribution is 6.03. The van der Waals surface area contributed by atoms with Crippen LogP contribution >= 0.6 is 0 Å². The van der Waals surface area contributed by atoms with Crippen molar-refractivity contribution in [1.82, 2.24) is 9.78 Å². The normalized spacial score (nSPS) is 11.4. The van der Waals surface area contributed by atoms with Gasteiger partial charge >= 0.3 is 6.18 Å². The van der Waals surface area contributed by atoms with Gasteiger partial charge in [0.15, 0.2) is 5.69 Å². The fraction of sp³-hybridized carbons (Fsp3) is 0.158. The van der Waals surface area contributed by atoms with Crippen LogP contribution in [-0.2, 0) is 13.2 Å². The van der Waals surface area contributed by atoms with E-state index in [-0.39, 0.29) is 11.4 Å². The number of nitrogens with zero attached hydrogens (tertiary/aromatic N) is 2. The minimum absolute atomic E-state index is 0.183. The van der Waals surface area contributed by atoms with E-state index in [4.69, 9.17) is 0 Å². The lowest BCUT2D eigenvalue weighted by Gasteiger charge is -2.08. The first-order chi connectivity index (χ1) is 12.2. The molecule has 0 aliphatic rings. The topological polar surface area (TPSA) is 46.9 Å². The van der Waals surface area contributed by atoms with E-state index in [0.717, 1.165) is 29.0 Å². The zero-order valence-corrected chi connectivity index (χ0v) is 14.1. The number of benzene rings is 2. The third-order valence-corrected chi connectivity index (χ3v) is 3.93. The lowest BCUT2D eigenvalue weighted by molar-refractivity contribution is -0.137. The lowest BCUT2D eigenvalue weighted by atomic mass is 10.1. The first kappa shape index (κ1) is 17.7. The molecule has 3 rings (SSSR count). The van der Waals surface area contributed by atoms with Crippen molar-refractivity contribution in [3.8, 4) is 11.3 Å². The molecule has 0 bridgehead atoms. The standard InChI is InChI=1S/C19H16F3N3O/c1-12-3-5-13(6-4-12)17-11-16(24-25(17)2)18(26)23-15-9-7-14(8-10-15)19(20,21)22/h3-11H,1-2H3,(H,23,26). The van der Waals surface area contributed by atoms with Crippen molar-refractivity contribution in [2.24, 2.45) is 7.05 Å². The molecule has 134 valence electrons. The molecule has 0 aliphatic heterocycles. The number of aryl methyl sites for hydroxylation is 2. The second kappa shape index (κ2) is 6.67. The minimum Gasteiger partial charge on any atom is -0.321 e. The van der Waals surface area contributed by atoms with E-state index in [1.165, 1.54) is 12.1 Å². The average molecular weight is 359 g/mol. The summed E-state index contributed by atoms with van der Waals surface area (Å²) in [7, 11) is 1.73. The molecule has 0 spiro atoms. The van der Waals surface area contributed by atoms with Crippen molar-refractivity contribution in [1.29, 1.82) is 0 Å². The van der Waals surface area contributed by atoms with Crippen molar-refractivity contribution in [2.75, 3.05) is 5.32 Å². The molecular formula is C19H16F3N3O. The third kappa shape index (κ3) is 3.77. The Morgan fingerprint density at radius 1 is 1.04 bits per heavy atom. The number of hydrogen-bond donors (Lipinski definition) is 1. The van der Waals surface area contributed by atoms with Crippen LogP contribution in [0, 0.1) is 6.92 Å². The van der Waals surface area contributed by atoms with Crippen LogP contribution in [0.15, 0.2) is 54.6 Å². The van der Waals surface area contributed by atoms with Crippen molar-refractivity contribution >= 4 is 11.6 Å². The van der Waals surface area contributed by atoms with E-state index < -0.39 is 17.6 Å². The molecule has 0 radical (unpaired) electrons. The fourth-order valence-corrected chi connectivity index (χ4v) is 2.51. The Kier molecular flexibility index (Phi) is 4.54. The van der Waals surface area contributed by atoms with Crippen LogP contribution in [-0.4, -0.2) is 15.7 Å². The number of halogens is 3. The predicted molar refractivity (Wildman–Crippen MR) is 92.8 cm³/mol. The summed E-state index contributed by atoms with van der Waals surface area (Å²) in [5.41, 5.74) is 2.49. The number of aromatic nitrogens is 2. The second-order valence-electron chi connectivity index (χ2n) is 5.93. The maximum atomic E-state index is 12.6. The monoisotopic (exact) mass is 359 g/mol. The van der Waals surface area contributed by atoms with Gasteiger partial charge in [0, 0.05) is 12.7 Å². The Bertz CT molecular complexity index is 926. The van der Waals surface area contributed by atoms with Gasteiger partial charge in [0.25, 0.3) is 5.91 Å². The molecule has 0 fully saturated rings. The molecule has 26 heavy (non-hydrogen) atoms. The van der Waals surface area contributed by atoms with Crippen LogP contribution < -0.4 is 5.32 Å². The van der Waals surface area contributed by atoms with Gasteiger partial charge in [0.05, 0.1) is 11.3 Å². The summed E-state index contributed by atoms with van der Waals surface area (Å²) in [5, 5.41) is 6.74. The lowest BCUT2D eigenvalue weighted by Crippen LogP contribution is -2.13. The summed E-state index contributed by atoms with van der Waals surface area (Å²) >= 11 is 0. The molecule has 2 aromatic carbocycles. The zero-order chi connectivity index (χ0) is 18.9. The van der Waals surface area contributed by atoms with Crippen molar-refractivity contribution in [3.05, 3.63) is 71.4 Å². The number of anilines is 1. The molecule has 1 amide bonds. The van der Waals surface area contributed by atoms with Crippen LogP contribution in [0.2, 0.25) is 0 Å². The Morgan fingerprint density at radius 2 is 1.65 bits per heavy atom. The maximum absolute atomic E-state index is 12.6. The Hall–Kier alpha value is -3.09. The van der Waals surface area contributed by atoms with Gasteiger partial charge in [-0.05, 0) is 42.8 Å². The summed E-state index contributed by atoms with van der Waals surface area (Å²) in [6.07, 6.45) is -4.41. The second-order valence-corrected chi connectivity index (χ2v) is 5.93. The molecule has 1 N–H and O–H groups in total. The summed E-state index contributed by atoms with van der Waals surface area (Å²) in [5.74, 6) is -0.487. The van der Waals surface area contributed by atoms with Crippen LogP contribution in [0.5, 0.6) is 0 Å². The van der Waals surface area contributed by atoms with E-state index in [1.807, 2.05) is 31.2 Å². The first-order valence-corrected chi connectivity index (χ1v) is 7.84. The van der Waals surface area contributed by atoms with Gasteiger partial charge in [-0.25, -0.2) is 0 Å². The van der Waals surface area contributed by atoms with Crippen LogP contribution in [0.4, 0.5) is 18.9 Å². The molecule has 0 unspecified atom stereocenters. The van der Waals surface area contributed by atoms with E-state index in [9.17, 15) is 18.0 Å². The van der Waals surface area contributed by atoms with E-state index in [0.29, 0.717) is 0 Å². The van der Waals surface area contributed by atoms with E-state index in [1.54, 1.807) is 17.8 Å². The van der Waals surface area contributed by atoms with Crippen LogP contribution in [0.1, 0.15) is 21.6 Å². The first-order valence-electron chi connectivity index (χ1n) is 7.84. The number of carbonyl (C=O) groups is 1. The molecule has 1 heterocycles. The Balaban J connectivity index is 1.78. The smallest absolute Gasteiger partial charge is 0.321 e. The molecular weight excluding hydrogens is 343 g/mol. The fourth-order valence-electron chi connectivity index (χ4n) is 2.51. The number of rotatable bonds is 3. The minimum atomic E-state index is -4.41. The molecule has 7 heteroatoms. The van der Waals surface area contributed by atoms with Gasteiger partial charge in [-0.2, -0.15) is 18.3 Å². The number of nitrogens with one attached hydrogen (secondary N) is 1. The zero-order valence-electron chi connectivity index (χ0n) is 14.1. The SMILES string of the molecule is Cc1ccc(-c2cc(C(=O)Nc3ccc(C(F)(F)F)cc3)nn2C)cc1. The van der Waals surface area contributed by atoms with Gasteiger partial charge in [-0.15, -0.1) is 0 Å². The summed E-state index contributed by atoms with van der Waals surface area (Å²) in [6.45, 7) is 1.98. The van der Waals surface area contributed by atoms with Crippen molar-refractivity contribution in [2.45, 2.75) is 13.1 Å². The molecule has 0 atom stereocenters. The molecule has 0 aliphatic carbocycles. The quantitative estimate of drug-likeness (QED) is 0.739. The molecule has 1 aromatic heterocycles. The number of hydrogen-bond acceptors (Lipinski definition) is 2. The highest BCUT2D eigenvalue weighted by Crippen LogP contribution is 2.30. The average Bonchev–Trinajstić information content (AvgIpc) is 2.97. The highest BCUT2D eigenvalue weighted by atomic mass is 19.4. The van der Waals surface area contributed by atoms with Gasteiger partial charge in [0.2, 0.25) is 0 Å². The Morgan fingerprint density at radius 3 is 2.23 bits per heavy atom.